The summed E-state index contributed by atoms with van der Waals surface area (Å²) < 4.78 is 10.7. The lowest BCUT2D eigenvalue weighted by Gasteiger charge is -2.60. The summed E-state index contributed by atoms with van der Waals surface area (Å²) in [5.41, 5.74) is 0.0721. The minimum Gasteiger partial charge on any atom is -0.497 e. The van der Waals surface area contributed by atoms with Crippen LogP contribution in [0, 0.1) is 5.41 Å². The van der Waals surface area contributed by atoms with Gasteiger partial charge in [-0.05, 0) is 37.4 Å². The third kappa shape index (κ3) is 2.06. The number of benzene rings is 1. The fraction of sp³-hybridized carbons (Fsp3) is 0.609. The molecule has 2 fully saturated rings. The molecule has 1 N–H and O–H groups in total. The summed E-state index contributed by atoms with van der Waals surface area (Å²) in [6.45, 7) is 4.06. The van der Waals surface area contributed by atoms with Crippen LogP contribution in [-0.2, 0) is 14.9 Å². The van der Waals surface area contributed by atoms with E-state index >= 15 is 0 Å². The number of aliphatic hydroxyl groups is 1. The monoisotopic (exact) mass is 398 g/mol. The van der Waals surface area contributed by atoms with Crippen LogP contribution in [0.5, 0.6) is 5.75 Å². The van der Waals surface area contributed by atoms with Crippen molar-refractivity contribution < 1.29 is 19.4 Å². The van der Waals surface area contributed by atoms with Crippen molar-refractivity contribution in [1.29, 1.82) is 0 Å². The zero-order valence-corrected chi connectivity index (χ0v) is 17.6. The lowest BCUT2D eigenvalue weighted by Crippen LogP contribution is -2.74. The van der Waals surface area contributed by atoms with E-state index in [2.05, 4.69) is 34.9 Å². The SMILES string of the molecule is CC[C@]12C=CCN3CC[C@@]4(c5ccc(OC)cc5N(C)[C@H]4[C@@](O)(C(=O)OC)C1)[C@@H]32. The maximum atomic E-state index is 13.1. The average molecular weight is 399 g/mol. The number of hydrogen-bond donors (Lipinski definition) is 1. The van der Waals surface area contributed by atoms with Gasteiger partial charge in [0.25, 0.3) is 0 Å². The molecule has 1 saturated carbocycles. The molecule has 6 heteroatoms. The number of rotatable bonds is 3. The van der Waals surface area contributed by atoms with E-state index in [1.165, 1.54) is 12.7 Å². The first-order valence-corrected chi connectivity index (χ1v) is 10.5. The van der Waals surface area contributed by atoms with E-state index in [1.54, 1.807) is 7.11 Å². The Morgan fingerprint density at radius 3 is 2.79 bits per heavy atom. The predicted molar refractivity (Wildman–Crippen MR) is 110 cm³/mol. The van der Waals surface area contributed by atoms with E-state index in [4.69, 9.17) is 9.47 Å². The van der Waals surface area contributed by atoms with Crippen molar-refractivity contribution in [3.63, 3.8) is 0 Å². The number of carbonyl (C=O) groups excluding carboxylic acids is 1. The molecule has 1 spiro atoms. The molecule has 156 valence electrons. The standard InChI is InChI=1S/C23H30N2O4/c1-5-21-9-6-11-25-12-10-22(18(21)25)16-8-7-15(28-3)13-17(16)24(2)19(22)23(27,14-21)20(26)29-4/h6-9,13,18-19,27H,5,10-12,14H2,1-4H3/t18-,19+,21-,22+,23+/m0/s1. The summed E-state index contributed by atoms with van der Waals surface area (Å²) >= 11 is 0. The van der Waals surface area contributed by atoms with Crippen LogP contribution in [0.2, 0.25) is 0 Å². The molecular formula is C23H30N2O4. The number of anilines is 1. The average Bonchev–Trinajstić information content (AvgIpc) is 3.25. The normalized spacial score (nSPS) is 39.7. The molecule has 29 heavy (non-hydrogen) atoms. The number of methoxy groups -OCH3 is 2. The van der Waals surface area contributed by atoms with Crippen molar-refractivity contribution in [2.45, 2.75) is 49.3 Å². The van der Waals surface area contributed by atoms with Crippen LogP contribution in [0.25, 0.3) is 0 Å². The Morgan fingerprint density at radius 1 is 1.31 bits per heavy atom. The van der Waals surface area contributed by atoms with Gasteiger partial charge in [-0.2, -0.15) is 0 Å². The maximum Gasteiger partial charge on any atom is 0.340 e. The van der Waals surface area contributed by atoms with Crippen LogP contribution in [0.15, 0.2) is 30.4 Å². The number of hydrogen-bond acceptors (Lipinski definition) is 6. The topological polar surface area (TPSA) is 62.2 Å². The summed E-state index contributed by atoms with van der Waals surface area (Å²) in [6.07, 6.45) is 6.64. The first kappa shape index (κ1) is 18.9. The Balaban J connectivity index is 1.81. The number of likely N-dealkylation sites (N-methyl/N-ethyl adjacent to an activating group) is 1. The van der Waals surface area contributed by atoms with Crippen molar-refractivity contribution in [3.05, 3.63) is 35.9 Å². The number of esters is 1. The van der Waals surface area contributed by atoms with Crippen LogP contribution in [0.3, 0.4) is 0 Å². The van der Waals surface area contributed by atoms with Gasteiger partial charge in [-0.25, -0.2) is 4.79 Å². The van der Waals surface area contributed by atoms with Gasteiger partial charge < -0.3 is 19.5 Å². The highest BCUT2D eigenvalue weighted by Crippen LogP contribution is 2.66. The van der Waals surface area contributed by atoms with Gasteiger partial charge in [-0.3, -0.25) is 4.90 Å². The van der Waals surface area contributed by atoms with Gasteiger partial charge in [0.2, 0.25) is 0 Å². The van der Waals surface area contributed by atoms with Gasteiger partial charge in [0.1, 0.15) is 5.75 Å². The molecule has 6 nitrogen and oxygen atoms in total. The highest BCUT2D eigenvalue weighted by Gasteiger charge is 2.75. The summed E-state index contributed by atoms with van der Waals surface area (Å²) in [5, 5.41) is 12.0. The maximum absolute atomic E-state index is 13.1. The van der Waals surface area contributed by atoms with E-state index < -0.39 is 11.6 Å². The second kappa shape index (κ2) is 5.99. The third-order valence-electron chi connectivity index (χ3n) is 8.21. The smallest absolute Gasteiger partial charge is 0.340 e. The lowest BCUT2D eigenvalue weighted by molar-refractivity contribution is -0.181. The van der Waals surface area contributed by atoms with Crippen LogP contribution in [-0.4, -0.2) is 68.0 Å². The summed E-state index contributed by atoms with van der Waals surface area (Å²) in [5.74, 6) is 0.254. The Bertz CT molecular complexity index is 901. The van der Waals surface area contributed by atoms with Gasteiger partial charge in [-0.15, -0.1) is 0 Å². The lowest BCUT2D eigenvalue weighted by atomic mass is 9.49. The fourth-order valence-corrected chi connectivity index (χ4v) is 7.33. The van der Waals surface area contributed by atoms with Gasteiger partial charge >= 0.3 is 5.97 Å². The predicted octanol–water partition coefficient (Wildman–Crippen LogP) is 2.10. The first-order valence-electron chi connectivity index (χ1n) is 10.5. The zero-order valence-electron chi connectivity index (χ0n) is 17.6. The Morgan fingerprint density at radius 2 is 2.10 bits per heavy atom. The van der Waals surface area contributed by atoms with E-state index in [1.807, 2.05) is 19.2 Å². The quantitative estimate of drug-likeness (QED) is 0.622. The minimum absolute atomic E-state index is 0.247. The minimum atomic E-state index is -1.58. The molecule has 0 unspecified atom stereocenters. The van der Waals surface area contributed by atoms with Crippen LogP contribution in [0.4, 0.5) is 5.69 Å². The molecular weight excluding hydrogens is 368 g/mol. The van der Waals surface area contributed by atoms with Crippen molar-refractivity contribution in [1.82, 2.24) is 4.90 Å². The second-order valence-electron chi connectivity index (χ2n) is 9.17. The summed E-state index contributed by atoms with van der Waals surface area (Å²) in [7, 11) is 5.03. The molecule has 4 aliphatic rings. The number of ether oxygens (including phenoxy) is 2. The summed E-state index contributed by atoms with van der Waals surface area (Å²) in [4.78, 5) is 17.8. The Labute approximate surface area is 172 Å². The van der Waals surface area contributed by atoms with Crippen molar-refractivity contribution >= 4 is 11.7 Å². The van der Waals surface area contributed by atoms with Gasteiger partial charge in [0.05, 0.1) is 20.3 Å². The fourth-order valence-electron chi connectivity index (χ4n) is 7.33. The molecule has 0 radical (unpaired) electrons. The Kier molecular flexibility index (Phi) is 3.91. The number of fused-ring (bicyclic) bond motifs is 1. The molecule has 1 saturated heterocycles. The molecule has 1 aromatic rings. The van der Waals surface area contributed by atoms with Crippen molar-refractivity contribution in [2.75, 3.05) is 39.3 Å². The largest absolute Gasteiger partial charge is 0.497 e. The number of carbonyl (C=O) groups is 1. The third-order valence-corrected chi connectivity index (χ3v) is 8.21. The molecule has 1 aliphatic carbocycles. The van der Waals surface area contributed by atoms with E-state index in [0.29, 0.717) is 6.42 Å². The highest BCUT2D eigenvalue weighted by molar-refractivity contribution is 5.85. The molecule has 0 amide bonds. The first-order chi connectivity index (χ1) is 13.9. The molecule has 5 rings (SSSR count). The van der Waals surface area contributed by atoms with Crippen LogP contribution < -0.4 is 9.64 Å². The van der Waals surface area contributed by atoms with Crippen molar-refractivity contribution in [2.24, 2.45) is 5.41 Å². The molecule has 3 heterocycles. The summed E-state index contributed by atoms with van der Waals surface area (Å²) in [6, 6.07) is 6.07. The van der Waals surface area contributed by atoms with E-state index in [-0.39, 0.29) is 22.9 Å². The van der Waals surface area contributed by atoms with Gasteiger partial charge in [0.15, 0.2) is 5.60 Å². The zero-order chi connectivity index (χ0) is 20.6. The van der Waals surface area contributed by atoms with Crippen LogP contribution >= 0.6 is 0 Å². The molecule has 3 aliphatic heterocycles. The van der Waals surface area contributed by atoms with Crippen molar-refractivity contribution in [3.8, 4) is 5.75 Å². The number of nitrogens with zero attached hydrogens (tertiary/aromatic N) is 2. The molecule has 0 bridgehead atoms. The second-order valence-corrected chi connectivity index (χ2v) is 9.17. The highest BCUT2D eigenvalue weighted by atomic mass is 16.5. The molecule has 0 aromatic heterocycles. The molecule has 1 aromatic carbocycles. The van der Waals surface area contributed by atoms with E-state index in [0.717, 1.165) is 37.4 Å². The van der Waals surface area contributed by atoms with Crippen LogP contribution in [0.1, 0.15) is 31.7 Å². The van der Waals surface area contributed by atoms with Gasteiger partial charge in [-0.1, -0.05) is 25.1 Å². The Hall–Kier alpha value is -2.05. The van der Waals surface area contributed by atoms with Gasteiger partial charge in [0, 0.05) is 42.2 Å². The van der Waals surface area contributed by atoms with E-state index in [9.17, 15) is 9.90 Å². The molecule has 5 atom stereocenters.